The van der Waals surface area contributed by atoms with Gasteiger partial charge in [0.15, 0.2) is 0 Å². The quantitative estimate of drug-likeness (QED) is 0.825. The smallest absolute Gasteiger partial charge is 0.118 e. The van der Waals surface area contributed by atoms with E-state index < -0.39 is 0 Å². The zero-order valence-electron chi connectivity index (χ0n) is 12.9. The van der Waals surface area contributed by atoms with Crippen LogP contribution < -0.4 is 10.1 Å². The molecule has 0 radical (unpaired) electrons. The third-order valence-electron chi connectivity index (χ3n) is 3.61. The topological polar surface area (TPSA) is 21.3 Å². The van der Waals surface area contributed by atoms with Gasteiger partial charge in [0.1, 0.15) is 5.75 Å². The molecular weight excluding hydrogens is 278 g/mol. The van der Waals surface area contributed by atoms with Crippen molar-refractivity contribution in [1.29, 1.82) is 0 Å². The van der Waals surface area contributed by atoms with Crippen LogP contribution in [-0.4, -0.2) is 19.4 Å². The lowest BCUT2D eigenvalue weighted by molar-refractivity contribution is 0.414. The molecule has 0 spiro atoms. The molecule has 0 bridgehead atoms. The maximum Gasteiger partial charge on any atom is 0.118 e. The van der Waals surface area contributed by atoms with Crippen molar-refractivity contribution in [2.75, 3.05) is 14.2 Å². The van der Waals surface area contributed by atoms with Crippen LogP contribution in [0.2, 0.25) is 0 Å². The highest BCUT2D eigenvalue weighted by atomic mass is 32.2. The number of nitrogens with one attached hydrogen (secondary N) is 1. The average molecular weight is 301 g/mol. The molecule has 1 N–H and O–H groups in total. The third kappa shape index (κ3) is 4.51. The van der Waals surface area contributed by atoms with Gasteiger partial charge >= 0.3 is 0 Å². The predicted octanol–water partition coefficient (Wildman–Crippen LogP) is 4.28. The fourth-order valence-electron chi connectivity index (χ4n) is 2.38. The van der Waals surface area contributed by atoms with E-state index in [4.69, 9.17) is 4.74 Å². The summed E-state index contributed by atoms with van der Waals surface area (Å²) in [4.78, 5) is 0. The van der Waals surface area contributed by atoms with E-state index in [1.54, 1.807) is 7.11 Å². The molecule has 2 aromatic rings. The van der Waals surface area contributed by atoms with Crippen LogP contribution in [0.25, 0.3) is 0 Å². The molecule has 21 heavy (non-hydrogen) atoms. The van der Waals surface area contributed by atoms with Crippen LogP contribution in [0, 0.1) is 0 Å². The van der Waals surface area contributed by atoms with Gasteiger partial charge in [-0.05, 0) is 30.3 Å². The zero-order valence-corrected chi connectivity index (χ0v) is 13.7. The molecule has 112 valence electrons. The fraction of sp³-hybridized carbons (Fsp3) is 0.333. The summed E-state index contributed by atoms with van der Waals surface area (Å²) < 4.78 is 5.22. The lowest BCUT2D eigenvalue weighted by atomic mass is 10.0. The lowest BCUT2D eigenvalue weighted by Gasteiger charge is -2.24. The molecule has 0 aliphatic heterocycles. The van der Waals surface area contributed by atoms with Crippen molar-refractivity contribution in [2.24, 2.45) is 0 Å². The molecule has 0 heterocycles. The fourth-order valence-corrected chi connectivity index (χ4v) is 3.52. The van der Waals surface area contributed by atoms with E-state index in [0.717, 1.165) is 11.5 Å². The Labute approximate surface area is 131 Å². The number of benzene rings is 2. The maximum absolute atomic E-state index is 5.22. The second-order valence-corrected chi connectivity index (χ2v) is 6.41. The van der Waals surface area contributed by atoms with Crippen molar-refractivity contribution >= 4 is 11.8 Å². The summed E-state index contributed by atoms with van der Waals surface area (Å²) in [7, 11) is 3.72. The van der Waals surface area contributed by atoms with Crippen molar-refractivity contribution in [3.63, 3.8) is 0 Å². The van der Waals surface area contributed by atoms with Crippen molar-refractivity contribution in [2.45, 2.75) is 24.0 Å². The first-order valence-electron chi connectivity index (χ1n) is 7.21. The third-order valence-corrected chi connectivity index (χ3v) is 4.91. The Hall–Kier alpha value is -1.45. The van der Waals surface area contributed by atoms with Crippen molar-refractivity contribution < 1.29 is 4.74 Å². The highest BCUT2D eigenvalue weighted by molar-refractivity contribution is 7.99. The molecule has 2 unspecified atom stereocenters. The summed E-state index contributed by atoms with van der Waals surface area (Å²) in [5.74, 6) is 1.94. The summed E-state index contributed by atoms with van der Waals surface area (Å²) in [6, 6.07) is 19.3. The standard InChI is InChI=1S/C18H23NOS/c1-14(21-13-15-7-5-4-6-8-15)18(19-2)16-9-11-17(20-3)12-10-16/h4-12,14,18-19H,13H2,1-3H3. The van der Waals surface area contributed by atoms with Gasteiger partial charge in [0.05, 0.1) is 7.11 Å². The van der Waals surface area contributed by atoms with Crippen LogP contribution in [0.3, 0.4) is 0 Å². The van der Waals surface area contributed by atoms with Crippen LogP contribution >= 0.6 is 11.8 Å². The highest BCUT2D eigenvalue weighted by Crippen LogP contribution is 2.29. The SMILES string of the molecule is CNC(c1ccc(OC)cc1)C(C)SCc1ccccc1. The minimum Gasteiger partial charge on any atom is -0.497 e. The molecule has 2 atom stereocenters. The van der Waals surface area contributed by atoms with Gasteiger partial charge in [0.25, 0.3) is 0 Å². The first-order valence-corrected chi connectivity index (χ1v) is 8.26. The molecule has 0 saturated carbocycles. The van der Waals surface area contributed by atoms with Gasteiger partial charge < -0.3 is 10.1 Å². The number of thioether (sulfide) groups is 1. The Balaban J connectivity index is 1.98. The Morgan fingerprint density at radius 3 is 2.29 bits per heavy atom. The van der Waals surface area contributed by atoms with Crippen molar-refractivity contribution in [1.82, 2.24) is 5.32 Å². The van der Waals surface area contributed by atoms with Crippen molar-refractivity contribution in [3.8, 4) is 5.75 Å². The number of methoxy groups -OCH3 is 1. The number of hydrogen-bond acceptors (Lipinski definition) is 3. The molecule has 3 heteroatoms. The van der Waals surface area contributed by atoms with Crippen LogP contribution in [-0.2, 0) is 5.75 Å². The van der Waals surface area contributed by atoms with E-state index in [9.17, 15) is 0 Å². The minimum atomic E-state index is 0.338. The summed E-state index contributed by atoms with van der Waals surface area (Å²) in [5.41, 5.74) is 2.67. The largest absolute Gasteiger partial charge is 0.497 e. The zero-order chi connectivity index (χ0) is 15.1. The van der Waals surface area contributed by atoms with Gasteiger partial charge in [0.2, 0.25) is 0 Å². The van der Waals surface area contributed by atoms with E-state index in [-0.39, 0.29) is 0 Å². The Morgan fingerprint density at radius 2 is 1.71 bits per heavy atom. The van der Waals surface area contributed by atoms with Crippen LogP contribution in [0.1, 0.15) is 24.1 Å². The second-order valence-electron chi connectivity index (χ2n) is 5.04. The molecule has 0 fully saturated rings. The summed E-state index contributed by atoms with van der Waals surface area (Å²) in [6.07, 6.45) is 0. The van der Waals surface area contributed by atoms with Crippen LogP contribution in [0.15, 0.2) is 54.6 Å². The Kier molecular flexibility index (Phi) is 6.15. The van der Waals surface area contributed by atoms with Gasteiger partial charge in [-0.3, -0.25) is 0 Å². The van der Waals surface area contributed by atoms with E-state index >= 15 is 0 Å². The Bertz CT molecular complexity index is 527. The number of ether oxygens (including phenoxy) is 1. The molecule has 0 saturated heterocycles. The molecule has 0 amide bonds. The van der Waals surface area contributed by atoms with Gasteiger partial charge in [0, 0.05) is 17.0 Å². The normalized spacial score (nSPS) is 13.7. The van der Waals surface area contributed by atoms with Gasteiger partial charge in [-0.25, -0.2) is 0 Å². The first-order chi connectivity index (χ1) is 10.2. The lowest BCUT2D eigenvalue weighted by Crippen LogP contribution is -2.25. The van der Waals surface area contributed by atoms with Gasteiger partial charge in [-0.2, -0.15) is 11.8 Å². The van der Waals surface area contributed by atoms with E-state index in [1.165, 1.54) is 11.1 Å². The van der Waals surface area contributed by atoms with Crippen LogP contribution in [0.4, 0.5) is 0 Å². The number of hydrogen-bond donors (Lipinski definition) is 1. The minimum absolute atomic E-state index is 0.338. The van der Waals surface area contributed by atoms with Crippen LogP contribution in [0.5, 0.6) is 5.75 Å². The summed E-state index contributed by atoms with van der Waals surface area (Å²) in [6.45, 7) is 2.28. The second kappa shape index (κ2) is 8.11. The number of rotatable bonds is 7. The molecule has 0 aromatic heterocycles. The van der Waals surface area contributed by atoms with Crippen molar-refractivity contribution in [3.05, 3.63) is 65.7 Å². The highest BCUT2D eigenvalue weighted by Gasteiger charge is 2.18. The van der Waals surface area contributed by atoms with E-state index in [0.29, 0.717) is 11.3 Å². The molecule has 0 aliphatic rings. The van der Waals surface area contributed by atoms with E-state index in [1.807, 2.05) is 30.9 Å². The maximum atomic E-state index is 5.22. The average Bonchev–Trinajstić information content (AvgIpc) is 2.55. The predicted molar refractivity (Wildman–Crippen MR) is 92.0 cm³/mol. The first kappa shape index (κ1) is 15.9. The Morgan fingerprint density at radius 1 is 1.05 bits per heavy atom. The molecule has 2 aromatic carbocycles. The summed E-state index contributed by atoms with van der Waals surface area (Å²) in [5, 5.41) is 3.92. The monoisotopic (exact) mass is 301 g/mol. The molecule has 2 rings (SSSR count). The molecule has 0 aliphatic carbocycles. The van der Waals surface area contributed by atoms with E-state index in [2.05, 4.69) is 54.7 Å². The molecule has 2 nitrogen and oxygen atoms in total. The van der Waals surface area contributed by atoms with Gasteiger partial charge in [-0.15, -0.1) is 0 Å². The molecular formula is C18H23NOS. The van der Waals surface area contributed by atoms with Gasteiger partial charge in [-0.1, -0.05) is 49.4 Å². The summed E-state index contributed by atoms with van der Waals surface area (Å²) >= 11 is 1.97.